The summed E-state index contributed by atoms with van der Waals surface area (Å²) in [4.78, 5) is 26.8. The lowest BCUT2D eigenvalue weighted by Gasteiger charge is -2.33. The maximum Gasteiger partial charge on any atom is 0.269 e. The number of hydrogen-bond donors (Lipinski definition) is 2. The van der Waals surface area contributed by atoms with Crippen LogP contribution < -0.4 is 15.6 Å². The molecule has 2 amide bonds. The van der Waals surface area contributed by atoms with E-state index in [1.54, 1.807) is 36.4 Å². The summed E-state index contributed by atoms with van der Waals surface area (Å²) >= 11 is 5.86. The number of nitrogens with zero attached hydrogens (tertiary/aromatic N) is 1. The molecule has 0 spiro atoms. The average Bonchev–Trinajstić information content (AvgIpc) is 2.78. The van der Waals surface area contributed by atoms with Crippen molar-refractivity contribution in [2.75, 3.05) is 13.1 Å². The molecule has 2 N–H and O–H groups in total. The highest BCUT2D eigenvalue weighted by atomic mass is 35.5. The fourth-order valence-electron chi connectivity index (χ4n) is 3.32. The van der Waals surface area contributed by atoms with Crippen LogP contribution in [0, 0.1) is 12.3 Å². The van der Waals surface area contributed by atoms with Crippen molar-refractivity contribution >= 4 is 23.4 Å². The molecule has 2 aromatic rings. The molecule has 7 heteroatoms. The maximum absolute atomic E-state index is 12.5. The molecule has 0 aliphatic carbocycles. The van der Waals surface area contributed by atoms with Gasteiger partial charge in [0.25, 0.3) is 11.8 Å². The predicted octanol–water partition coefficient (Wildman–Crippen LogP) is 3.17. The van der Waals surface area contributed by atoms with Crippen LogP contribution in [0.25, 0.3) is 0 Å². The minimum absolute atomic E-state index is 0.244. The molecule has 6 nitrogen and oxygen atoms in total. The van der Waals surface area contributed by atoms with Crippen molar-refractivity contribution in [2.45, 2.75) is 31.9 Å². The van der Waals surface area contributed by atoms with Crippen molar-refractivity contribution in [1.82, 2.24) is 15.8 Å². The Labute approximate surface area is 181 Å². The molecule has 30 heavy (non-hydrogen) atoms. The molecule has 0 unspecified atom stereocenters. The number of benzene rings is 2. The van der Waals surface area contributed by atoms with Crippen LogP contribution in [0.4, 0.5) is 0 Å². The summed E-state index contributed by atoms with van der Waals surface area (Å²) in [5.74, 6) is 2.67. The Bertz CT molecular complexity index is 907. The number of halogens is 1. The van der Waals surface area contributed by atoms with Crippen LogP contribution in [0.2, 0.25) is 5.02 Å². The number of hydrogen-bond acceptors (Lipinski definition) is 4. The molecule has 1 saturated heterocycles. The van der Waals surface area contributed by atoms with Gasteiger partial charge in [-0.25, -0.2) is 0 Å². The zero-order chi connectivity index (χ0) is 21.3. The van der Waals surface area contributed by atoms with E-state index in [-0.39, 0.29) is 17.9 Å². The third-order valence-corrected chi connectivity index (χ3v) is 5.20. The highest BCUT2D eigenvalue weighted by Gasteiger charge is 2.28. The third kappa shape index (κ3) is 5.99. The largest absolute Gasteiger partial charge is 0.489 e. The first kappa shape index (κ1) is 21.7. The third-order valence-electron chi connectivity index (χ3n) is 4.95. The van der Waals surface area contributed by atoms with Crippen molar-refractivity contribution < 1.29 is 14.3 Å². The number of amides is 2. The minimum atomic E-state index is -0.382. The molecule has 0 radical (unpaired) electrons. The first-order valence-electron chi connectivity index (χ1n) is 9.82. The van der Waals surface area contributed by atoms with Gasteiger partial charge in [0.15, 0.2) is 0 Å². The quantitative estimate of drug-likeness (QED) is 0.551. The van der Waals surface area contributed by atoms with Crippen molar-refractivity contribution in [2.24, 2.45) is 0 Å². The number of hydrazine groups is 1. The fourth-order valence-corrected chi connectivity index (χ4v) is 3.44. The monoisotopic (exact) mass is 425 g/mol. The zero-order valence-corrected chi connectivity index (χ0v) is 17.3. The highest BCUT2D eigenvalue weighted by Crippen LogP contribution is 2.18. The molecule has 1 aliphatic rings. The molecule has 1 atom stereocenters. The summed E-state index contributed by atoms with van der Waals surface area (Å²) in [7, 11) is 0. The first-order chi connectivity index (χ1) is 14.6. The van der Waals surface area contributed by atoms with Crippen molar-refractivity contribution in [1.29, 1.82) is 0 Å². The molecular formula is C23H24ClN3O3. The number of ether oxygens (including phenoxy) is 1. The topological polar surface area (TPSA) is 70.7 Å². The summed E-state index contributed by atoms with van der Waals surface area (Å²) in [6.45, 7) is 1.58. The van der Waals surface area contributed by atoms with Crippen molar-refractivity contribution in [3.8, 4) is 18.1 Å². The van der Waals surface area contributed by atoms with Crippen LogP contribution in [0.3, 0.4) is 0 Å². The number of nitrogens with one attached hydrogen (secondary N) is 2. The van der Waals surface area contributed by atoms with Gasteiger partial charge in [0.1, 0.15) is 12.4 Å². The fraction of sp³-hybridized carbons (Fsp3) is 0.304. The van der Waals surface area contributed by atoms with Crippen molar-refractivity contribution in [3.63, 3.8) is 0 Å². The summed E-state index contributed by atoms with van der Waals surface area (Å²) < 4.78 is 5.69. The van der Waals surface area contributed by atoms with E-state index in [9.17, 15) is 9.59 Å². The lowest BCUT2D eigenvalue weighted by Crippen LogP contribution is -2.54. The van der Waals surface area contributed by atoms with E-state index < -0.39 is 0 Å². The average molecular weight is 426 g/mol. The molecule has 1 aliphatic heterocycles. The van der Waals surface area contributed by atoms with E-state index in [0.717, 1.165) is 31.4 Å². The second-order valence-electron chi connectivity index (χ2n) is 7.07. The summed E-state index contributed by atoms with van der Waals surface area (Å²) in [6.07, 6.45) is 8.10. The van der Waals surface area contributed by atoms with Gasteiger partial charge in [-0.1, -0.05) is 36.1 Å². The molecule has 1 fully saturated rings. The Balaban J connectivity index is 1.48. The second kappa shape index (κ2) is 10.7. The Morgan fingerprint density at radius 1 is 1.10 bits per heavy atom. The molecule has 1 heterocycles. The molecule has 0 bridgehead atoms. The number of terminal acetylenes is 1. The predicted molar refractivity (Wildman–Crippen MR) is 116 cm³/mol. The number of rotatable bonds is 6. The van der Waals surface area contributed by atoms with E-state index in [2.05, 4.69) is 16.8 Å². The molecular weight excluding hydrogens is 402 g/mol. The molecule has 156 valence electrons. The van der Waals surface area contributed by atoms with Gasteiger partial charge in [0.05, 0.1) is 12.6 Å². The van der Waals surface area contributed by atoms with Gasteiger partial charge in [-0.15, -0.1) is 6.42 Å². The lowest BCUT2D eigenvalue weighted by atomic mass is 10.0. The number of likely N-dealkylation sites (tertiary alicyclic amines) is 1. The van der Waals surface area contributed by atoms with E-state index >= 15 is 0 Å². The molecule has 2 aromatic carbocycles. The number of piperidine rings is 1. The van der Waals surface area contributed by atoms with Gasteiger partial charge in [0.2, 0.25) is 0 Å². The first-order valence-corrected chi connectivity index (χ1v) is 10.2. The lowest BCUT2D eigenvalue weighted by molar-refractivity contribution is -0.128. The van der Waals surface area contributed by atoms with Crippen LogP contribution in [0.5, 0.6) is 5.75 Å². The van der Waals surface area contributed by atoms with Gasteiger partial charge in [-0.3, -0.25) is 25.3 Å². The van der Waals surface area contributed by atoms with E-state index in [4.69, 9.17) is 22.8 Å². The minimum Gasteiger partial charge on any atom is -0.489 e. The Morgan fingerprint density at radius 2 is 1.83 bits per heavy atom. The second-order valence-corrected chi connectivity index (χ2v) is 7.51. The van der Waals surface area contributed by atoms with Crippen molar-refractivity contribution in [3.05, 3.63) is 64.7 Å². The van der Waals surface area contributed by atoms with E-state index in [0.29, 0.717) is 29.5 Å². The zero-order valence-electron chi connectivity index (χ0n) is 16.6. The molecule has 0 saturated carbocycles. The Morgan fingerprint density at radius 3 is 2.53 bits per heavy atom. The Hall–Kier alpha value is -3.01. The normalized spacial score (nSPS) is 16.3. The highest BCUT2D eigenvalue weighted by molar-refractivity contribution is 6.30. The maximum atomic E-state index is 12.5. The molecule has 0 aromatic heterocycles. The number of carbonyl (C=O) groups is 2. The van der Waals surface area contributed by atoms with Gasteiger partial charge in [-0.05, 0) is 61.3 Å². The van der Waals surface area contributed by atoms with E-state index in [1.165, 1.54) is 0 Å². The smallest absolute Gasteiger partial charge is 0.269 e. The van der Waals surface area contributed by atoms with Gasteiger partial charge in [0, 0.05) is 10.6 Å². The Kier molecular flexibility index (Phi) is 7.72. The van der Waals surface area contributed by atoms with Crippen LogP contribution in [-0.4, -0.2) is 35.8 Å². The van der Waals surface area contributed by atoms with Crippen LogP contribution in [0.15, 0.2) is 48.5 Å². The van der Waals surface area contributed by atoms with Crippen LogP contribution in [-0.2, 0) is 11.4 Å². The standard InChI is InChI=1S/C23H24ClN3O3/c1-2-14-27-15-4-3-5-21(27)23(29)26-25-22(28)18-8-6-17(7-9-18)16-30-20-12-10-19(24)11-13-20/h1,6-13,21H,3-5,14-16H2,(H,25,28)(H,26,29)/t21-/m0/s1. The molecule has 3 rings (SSSR count). The van der Waals surface area contributed by atoms with Gasteiger partial charge >= 0.3 is 0 Å². The summed E-state index contributed by atoms with van der Waals surface area (Å²) in [5.41, 5.74) is 6.36. The van der Waals surface area contributed by atoms with E-state index in [1.807, 2.05) is 17.0 Å². The summed E-state index contributed by atoms with van der Waals surface area (Å²) in [5, 5.41) is 0.650. The van der Waals surface area contributed by atoms with Crippen LogP contribution >= 0.6 is 11.6 Å². The SMILES string of the molecule is C#CCN1CCCC[C@H]1C(=O)NNC(=O)c1ccc(COc2ccc(Cl)cc2)cc1. The number of carbonyl (C=O) groups excluding carboxylic acids is 2. The summed E-state index contributed by atoms with van der Waals surface area (Å²) in [6, 6.07) is 13.8. The van der Waals surface area contributed by atoms with Gasteiger partial charge in [-0.2, -0.15) is 0 Å². The van der Waals surface area contributed by atoms with Gasteiger partial charge < -0.3 is 4.74 Å². The van der Waals surface area contributed by atoms with Crippen LogP contribution in [0.1, 0.15) is 35.2 Å².